The fraction of sp³-hybridized carbons (Fsp3) is 0.294. The van der Waals surface area contributed by atoms with Gasteiger partial charge < -0.3 is 5.32 Å². The van der Waals surface area contributed by atoms with E-state index in [1.807, 2.05) is 24.3 Å². The summed E-state index contributed by atoms with van der Waals surface area (Å²) in [6.45, 7) is 3.15. The van der Waals surface area contributed by atoms with Gasteiger partial charge in [-0.1, -0.05) is 72.6 Å². The second kappa shape index (κ2) is 7.68. The molecule has 0 fully saturated rings. The average Bonchev–Trinajstić information content (AvgIpc) is 2.48. The normalized spacial score (nSPS) is 12.3. The summed E-state index contributed by atoms with van der Waals surface area (Å²) in [6.07, 6.45) is 1.94. The van der Waals surface area contributed by atoms with Gasteiger partial charge in [0.2, 0.25) is 0 Å². The Balaban J connectivity index is 2.21. The number of nitrogens with one attached hydrogen (secondary N) is 1. The Bertz CT molecular complexity index is 540. The zero-order valence-corrected chi connectivity index (χ0v) is 13.1. The first kappa shape index (κ1) is 15.4. The van der Waals surface area contributed by atoms with Crippen LogP contribution >= 0.6 is 23.2 Å². The van der Waals surface area contributed by atoms with E-state index in [4.69, 9.17) is 23.2 Å². The Labute approximate surface area is 130 Å². The molecule has 0 spiro atoms. The van der Waals surface area contributed by atoms with Crippen molar-refractivity contribution in [1.29, 1.82) is 0 Å². The van der Waals surface area contributed by atoms with Gasteiger partial charge in [0.05, 0.1) is 10.0 Å². The predicted molar refractivity (Wildman–Crippen MR) is 87.6 cm³/mol. The lowest BCUT2D eigenvalue weighted by Crippen LogP contribution is -2.24. The van der Waals surface area contributed by atoms with Gasteiger partial charge in [0, 0.05) is 6.04 Å². The molecule has 2 rings (SSSR count). The number of halogens is 2. The molecule has 2 aromatic rings. The van der Waals surface area contributed by atoms with E-state index in [1.165, 1.54) is 5.56 Å². The second-order valence-electron chi connectivity index (χ2n) is 4.83. The van der Waals surface area contributed by atoms with Crippen LogP contribution in [0.15, 0.2) is 48.5 Å². The van der Waals surface area contributed by atoms with Crippen molar-refractivity contribution in [2.45, 2.75) is 25.8 Å². The Morgan fingerprint density at radius 1 is 1.00 bits per heavy atom. The summed E-state index contributed by atoms with van der Waals surface area (Å²) < 4.78 is 0. The van der Waals surface area contributed by atoms with E-state index in [1.54, 1.807) is 0 Å². The van der Waals surface area contributed by atoms with Crippen molar-refractivity contribution in [3.05, 3.63) is 69.7 Å². The third-order valence-electron chi connectivity index (χ3n) is 3.30. The third kappa shape index (κ3) is 3.99. The number of rotatable bonds is 6. The van der Waals surface area contributed by atoms with Crippen molar-refractivity contribution in [1.82, 2.24) is 5.32 Å². The van der Waals surface area contributed by atoms with E-state index < -0.39 is 0 Å². The van der Waals surface area contributed by atoms with Crippen LogP contribution in [0.4, 0.5) is 0 Å². The summed E-state index contributed by atoms with van der Waals surface area (Å²) in [5.74, 6) is 0. The first-order valence-corrected chi connectivity index (χ1v) is 7.69. The topological polar surface area (TPSA) is 12.0 Å². The maximum Gasteiger partial charge on any atom is 0.0624 e. The van der Waals surface area contributed by atoms with E-state index in [2.05, 4.69) is 36.5 Å². The molecule has 20 heavy (non-hydrogen) atoms. The van der Waals surface area contributed by atoms with Crippen LogP contribution in [0.25, 0.3) is 0 Å². The van der Waals surface area contributed by atoms with Crippen LogP contribution in [0.5, 0.6) is 0 Å². The lowest BCUT2D eigenvalue weighted by Gasteiger charge is -2.20. The highest BCUT2D eigenvalue weighted by molar-refractivity contribution is 6.42. The van der Waals surface area contributed by atoms with Crippen LogP contribution in [0.1, 0.15) is 30.5 Å². The summed E-state index contributed by atoms with van der Waals surface area (Å²) in [5, 5.41) is 4.86. The maximum absolute atomic E-state index is 6.30. The highest BCUT2D eigenvalue weighted by atomic mass is 35.5. The minimum atomic E-state index is 0.257. The molecule has 0 amide bonds. The van der Waals surface area contributed by atoms with E-state index in [9.17, 15) is 0 Å². The number of benzene rings is 2. The lowest BCUT2D eigenvalue weighted by atomic mass is 9.98. The largest absolute Gasteiger partial charge is 0.310 e. The summed E-state index contributed by atoms with van der Waals surface area (Å²) in [7, 11) is 0. The number of hydrogen-bond donors (Lipinski definition) is 1. The van der Waals surface area contributed by atoms with Crippen molar-refractivity contribution >= 4 is 23.2 Å². The molecule has 0 saturated heterocycles. The molecule has 1 atom stereocenters. The summed E-state index contributed by atoms with van der Waals surface area (Å²) in [6, 6.07) is 16.5. The van der Waals surface area contributed by atoms with Crippen LogP contribution in [0.2, 0.25) is 10.0 Å². The monoisotopic (exact) mass is 307 g/mol. The van der Waals surface area contributed by atoms with Crippen LogP contribution in [0.3, 0.4) is 0 Å². The van der Waals surface area contributed by atoms with Gasteiger partial charge in [0.1, 0.15) is 0 Å². The highest BCUT2D eigenvalue weighted by Crippen LogP contribution is 2.29. The third-order valence-corrected chi connectivity index (χ3v) is 4.16. The van der Waals surface area contributed by atoms with Crippen molar-refractivity contribution in [2.75, 3.05) is 6.54 Å². The molecule has 0 radical (unpaired) electrons. The Kier molecular flexibility index (Phi) is 5.90. The molecule has 1 unspecified atom stereocenters. The van der Waals surface area contributed by atoms with E-state index in [-0.39, 0.29) is 6.04 Å². The minimum absolute atomic E-state index is 0.257. The van der Waals surface area contributed by atoms with Gasteiger partial charge in [-0.15, -0.1) is 0 Å². The molecule has 0 saturated carbocycles. The van der Waals surface area contributed by atoms with Gasteiger partial charge in [-0.3, -0.25) is 0 Å². The molecule has 0 aliphatic carbocycles. The summed E-state index contributed by atoms with van der Waals surface area (Å²) in [4.78, 5) is 0. The fourth-order valence-electron chi connectivity index (χ4n) is 2.24. The minimum Gasteiger partial charge on any atom is -0.310 e. The molecule has 0 aliphatic heterocycles. The Morgan fingerprint density at radius 3 is 2.45 bits per heavy atom. The maximum atomic E-state index is 6.30. The van der Waals surface area contributed by atoms with Gasteiger partial charge in [-0.2, -0.15) is 0 Å². The number of hydrogen-bond acceptors (Lipinski definition) is 1. The zero-order chi connectivity index (χ0) is 14.4. The molecule has 106 valence electrons. The van der Waals surface area contributed by atoms with Gasteiger partial charge in [-0.25, -0.2) is 0 Å². The first-order chi connectivity index (χ1) is 9.72. The molecule has 3 heteroatoms. The molecule has 0 aliphatic rings. The van der Waals surface area contributed by atoms with Crippen molar-refractivity contribution in [2.24, 2.45) is 0 Å². The SMILES string of the molecule is CCCNC(Cc1cccc(Cl)c1Cl)c1ccccc1. The van der Waals surface area contributed by atoms with Crippen LogP contribution < -0.4 is 5.32 Å². The van der Waals surface area contributed by atoms with Gasteiger partial charge in [0.15, 0.2) is 0 Å². The van der Waals surface area contributed by atoms with Crippen LogP contribution in [0, 0.1) is 0 Å². The summed E-state index contributed by atoms with van der Waals surface area (Å²) >= 11 is 12.4. The van der Waals surface area contributed by atoms with Crippen molar-refractivity contribution in [3.8, 4) is 0 Å². The molecule has 1 N–H and O–H groups in total. The van der Waals surface area contributed by atoms with E-state index in [0.29, 0.717) is 10.0 Å². The molecular weight excluding hydrogens is 289 g/mol. The molecule has 2 aromatic carbocycles. The van der Waals surface area contributed by atoms with Crippen molar-refractivity contribution in [3.63, 3.8) is 0 Å². The second-order valence-corrected chi connectivity index (χ2v) is 5.62. The Hall–Kier alpha value is -1.02. The van der Waals surface area contributed by atoms with E-state index >= 15 is 0 Å². The molecule has 1 nitrogen and oxygen atoms in total. The van der Waals surface area contributed by atoms with Crippen LogP contribution in [-0.4, -0.2) is 6.54 Å². The Morgan fingerprint density at radius 2 is 1.75 bits per heavy atom. The van der Waals surface area contributed by atoms with Crippen molar-refractivity contribution < 1.29 is 0 Å². The van der Waals surface area contributed by atoms with Crippen LogP contribution in [-0.2, 0) is 6.42 Å². The molecule has 0 aromatic heterocycles. The van der Waals surface area contributed by atoms with Gasteiger partial charge >= 0.3 is 0 Å². The zero-order valence-electron chi connectivity index (χ0n) is 11.6. The summed E-state index contributed by atoms with van der Waals surface area (Å²) in [5.41, 5.74) is 2.36. The van der Waals surface area contributed by atoms with Gasteiger partial charge in [0.25, 0.3) is 0 Å². The molecule has 0 heterocycles. The smallest absolute Gasteiger partial charge is 0.0624 e. The standard InChI is InChI=1S/C17H19Cl2N/c1-2-11-20-16(13-7-4-3-5-8-13)12-14-9-6-10-15(18)17(14)19/h3-10,16,20H,2,11-12H2,1H3. The van der Waals surface area contributed by atoms with Gasteiger partial charge in [-0.05, 0) is 36.6 Å². The average molecular weight is 308 g/mol. The molecular formula is C17H19Cl2N. The first-order valence-electron chi connectivity index (χ1n) is 6.93. The quantitative estimate of drug-likeness (QED) is 0.766. The predicted octanol–water partition coefficient (Wildman–Crippen LogP) is 5.28. The fourth-order valence-corrected chi connectivity index (χ4v) is 2.64. The van der Waals surface area contributed by atoms with E-state index in [0.717, 1.165) is 24.9 Å². The lowest BCUT2D eigenvalue weighted by molar-refractivity contribution is 0.529. The highest BCUT2D eigenvalue weighted by Gasteiger charge is 2.14. The molecule has 0 bridgehead atoms.